The first kappa shape index (κ1) is 7.68. The Bertz CT molecular complexity index is 456. The summed E-state index contributed by atoms with van der Waals surface area (Å²) in [5.41, 5.74) is 8.61. The summed E-state index contributed by atoms with van der Waals surface area (Å²) < 4.78 is 5.78. The summed E-state index contributed by atoms with van der Waals surface area (Å²) >= 11 is 0. The van der Waals surface area contributed by atoms with Crippen molar-refractivity contribution in [2.45, 2.75) is 12.5 Å². The van der Waals surface area contributed by atoms with Gasteiger partial charge in [0.05, 0.1) is 5.76 Å². The summed E-state index contributed by atoms with van der Waals surface area (Å²) in [5, 5.41) is 0. The second-order valence-electron chi connectivity index (χ2n) is 3.81. The minimum Gasteiger partial charge on any atom is -0.478 e. The molecule has 2 N–H and O–H groups in total. The van der Waals surface area contributed by atoms with Crippen LogP contribution in [-0.2, 0) is 10.3 Å². The van der Waals surface area contributed by atoms with Crippen molar-refractivity contribution in [1.29, 1.82) is 0 Å². The van der Waals surface area contributed by atoms with E-state index < -0.39 is 0 Å². The second kappa shape index (κ2) is 2.21. The van der Waals surface area contributed by atoms with Gasteiger partial charge in [-0.1, -0.05) is 12.1 Å². The molecule has 1 heterocycles. The number of nitrogens with two attached hydrogens (primary N) is 1. The Morgan fingerprint density at radius 3 is 2.50 bits per heavy atom. The number of allylic oxidation sites excluding steroid dienone is 1. The van der Waals surface area contributed by atoms with E-state index in [2.05, 4.69) is 12.2 Å². The van der Waals surface area contributed by atoms with Crippen molar-refractivity contribution in [3.05, 3.63) is 53.3 Å². The molecule has 0 saturated heterocycles. The van der Waals surface area contributed by atoms with Gasteiger partial charge in [0, 0.05) is 16.8 Å². The van der Waals surface area contributed by atoms with Gasteiger partial charge in [0.15, 0.2) is 5.60 Å². The van der Waals surface area contributed by atoms with E-state index in [1.165, 1.54) is 5.57 Å². The lowest BCUT2D eigenvalue weighted by atomic mass is 10.0. The molecule has 0 saturated carbocycles. The molecule has 0 fully saturated rings. The summed E-state index contributed by atoms with van der Waals surface area (Å²) in [7, 11) is 0. The molecule has 0 unspecified atom stereocenters. The highest BCUT2D eigenvalue weighted by Gasteiger charge is 2.50. The van der Waals surface area contributed by atoms with Crippen LogP contribution in [0.1, 0.15) is 12.5 Å². The molecule has 0 bridgehead atoms. The number of ether oxygens (including phenoxy) is 1. The van der Waals surface area contributed by atoms with Crippen LogP contribution in [0, 0.1) is 0 Å². The Morgan fingerprint density at radius 1 is 1.21 bits per heavy atom. The number of hydrogen-bond donors (Lipinski definition) is 1. The molecule has 1 aromatic carbocycles. The maximum Gasteiger partial charge on any atom is 0.177 e. The van der Waals surface area contributed by atoms with Gasteiger partial charge in [-0.15, -0.1) is 0 Å². The highest BCUT2D eigenvalue weighted by molar-refractivity contribution is 5.61. The molecular formula is C12H11NO. The van der Waals surface area contributed by atoms with Gasteiger partial charge in [-0.2, -0.15) is 0 Å². The van der Waals surface area contributed by atoms with Crippen molar-refractivity contribution in [3.63, 3.8) is 0 Å². The van der Waals surface area contributed by atoms with Crippen molar-refractivity contribution in [2.75, 3.05) is 5.73 Å². The average molecular weight is 185 g/mol. The zero-order chi connectivity index (χ0) is 9.76. The average Bonchev–Trinajstić information content (AvgIpc) is 2.71. The van der Waals surface area contributed by atoms with Gasteiger partial charge < -0.3 is 10.5 Å². The number of rotatable bonds is 1. The van der Waals surface area contributed by atoms with Gasteiger partial charge in [-0.25, -0.2) is 0 Å². The third-order valence-corrected chi connectivity index (χ3v) is 2.72. The van der Waals surface area contributed by atoms with Crippen LogP contribution in [0.4, 0.5) is 5.69 Å². The van der Waals surface area contributed by atoms with E-state index in [-0.39, 0.29) is 5.60 Å². The van der Waals surface area contributed by atoms with E-state index in [4.69, 9.17) is 10.5 Å². The monoisotopic (exact) mass is 185 g/mol. The van der Waals surface area contributed by atoms with Crippen LogP contribution in [0.5, 0.6) is 0 Å². The van der Waals surface area contributed by atoms with Gasteiger partial charge in [-0.05, 0) is 31.2 Å². The summed E-state index contributed by atoms with van der Waals surface area (Å²) in [4.78, 5) is 0. The largest absolute Gasteiger partial charge is 0.478 e. The fourth-order valence-electron chi connectivity index (χ4n) is 1.96. The molecule has 2 heteroatoms. The Morgan fingerprint density at radius 2 is 1.93 bits per heavy atom. The first-order valence-electron chi connectivity index (χ1n) is 4.67. The van der Waals surface area contributed by atoms with Crippen molar-refractivity contribution in [3.8, 4) is 0 Å². The zero-order valence-electron chi connectivity index (χ0n) is 7.95. The normalized spacial score (nSPS) is 27.5. The van der Waals surface area contributed by atoms with Crippen LogP contribution in [0.15, 0.2) is 47.7 Å². The molecule has 0 radical (unpaired) electrons. The Labute approximate surface area is 82.7 Å². The first-order valence-corrected chi connectivity index (χ1v) is 4.67. The van der Waals surface area contributed by atoms with Crippen molar-refractivity contribution < 1.29 is 4.74 Å². The smallest absolute Gasteiger partial charge is 0.177 e. The highest BCUT2D eigenvalue weighted by atomic mass is 16.5. The van der Waals surface area contributed by atoms with E-state index >= 15 is 0 Å². The first-order chi connectivity index (χ1) is 6.71. The lowest BCUT2D eigenvalue weighted by molar-refractivity contribution is 0.128. The van der Waals surface area contributed by atoms with Crippen molar-refractivity contribution >= 4 is 5.69 Å². The fraction of sp³-hybridized carbons (Fsp3) is 0.167. The van der Waals surface area contributed by atoms with Gasteiger partial charge >= 0.3 is 0 Å². The van der Waals surface area contributed by atoms with E-state index in [0.29, 0.717) is 0 Å². The molecule has 1 aliphatic carbocycles. The highest BCUT2D eigenvalue weighted by Crippen LogP contribution is 2.54. The fourth-order valence-corrected chi connectivity index (χ4v) is 1.96. The summed E-state index contributed by atoms with van der Waals surface area (Å²) in [5.74, 6) is 0.985. The minimum atomic E-state index is -0.238. The van der Waals surface area contributed by atoms with E-state index in [0.717, 1.165) is 17.0 Å². The van der Waals surface area contributed by atoms with Crippen molar-refractivity contribution in [2.24, 2.45) is 0 Å². The maximum absolute atomic E-state index is 5.78. The summed E-state index contributed by atoms with van der Waals surface area (Å²) in [6, 6.07) is 7.85. The van der Waals surface area contributed by atoms with Gasteiger partial charge in [-0.3, -0.25) is 0 Å². The summed E-state index contributed by atoms with van der Waals surface area (Å²) in [6.07, 6.45) is 4.21. The summed E-state index contributed by atoms with van der Waals surface area (Å²) in [6.45, 7) is 1.98. The number of fused-ring (bicyclic) bond motifs is 1. The molecule has 14 heavy (non-hydrogen) atoms. The molecule has 0 spiro atoms. The minimum absolute atomic E-state index is 0.238. The quantitative estimate of drug-likeness (QED) is 0.681. The third kappa shape index (κ3) is 0.854. The molecule has 1 atom stereocenters. The predicted molar refractivity (Wildman–Crippen MR) is 55.5 cm³/mol. The molecule has 70 valence electrons. The molecule has 2 aliphatic rings. The van der Waals surface area contributed by atoms with Crippen LogP contribution in [0.25, 0.3) is 0 Å². The van der Waals surface area contributed by atoms with Crippen LogP contribution in [-0.4, -0.2) is 0 Å². The number of benzene rings is 1. The molecule has 2 nitrogen and oxygen atoms in total. The lowest BCUT2D eigenvalue weighted by Gasteiger charge is -2.16. The predicted octanol–water partition coefficient (Wildman–Crippen LogP) is 2.34. The van der Waals surface area contributed by atoms with Crippen molar-refractivity contribution in [1.82, 2.24) is 0 Å². The topological polar surface area (TPSA) is 35.2 Å². The van der Waals surface area contributed by atoms with Crippen LogP contribution < -0.4 is 5.73 Å². The van der Waals surface area contributed by atoms with Crippen LogP contribution in [0.2, 0.25) is 0 Å². The second-order valence-corrected chi connectivity index (χ2v) is 3.81. The molecule has 1 aliphatic heterocycles. The maximum atomic E-state index is 5.78. The Kier molecular flexibility index (Phi) is 1.21. The molecule has 0 aromatic heterocycles. The number of anilines is 1. The Balaban J connectivity index is 1.97. The van der Waals surface area contributed by atoms with Gasteiger partial charge in [0.1, 0.15) is 0 Å². The van der Waals surface area contributed by atoms with E-state index in [1.807, 2.05) is 31.2 Å². The third-order valence-electron chi connectivity index (χ3n) is 2.72. The zero-order valence-corrected chi connectivity index (χ0v) is 7.95. The molecule has 1 aromatic rings. The van der Waals surface area contributed by atoms with Crippen LogP contribution in [0.3, 0.4) is 0 Å². The number of nitrogen functional groups attached to an aromatic ring is 1. The van der Waals surface area contributed by atoms with E-state index in [9.17, 15) is 0 Å². The van der Waals surface area contributed by atoms with Gasteiger partial charge in [0.2, 0.25) is 0 Å². The van der Waals surface area contributed by atoms with Gasteiger partial charge in [0.25, 0.3) is 0 Å². The SMILES string of the molecule is CC1=CC2=C[C@]2(c2ccc(N)cc2)O1. The molecule has 3 rings (SSSR count). The Hall–Kier alpha value is -1.70. The standard InChI is InChI=1S/C12H11NO/c1-8-6-10-7-12(10,14-8)9-2-4-11(13)5-3-9/h2-7H,13H2,1H3/t12-/m1/s1. The lowest BCUT2D eigenvalue weighted by Crippen LogP contribution is -2.11. The van der Waals surface area contributed by atoms with Crippen LogP contribution >= 0.6 is 0 Å². The number of hydrogen-bond acceptors (Lipinski definition) is 2. The molecular weight excluding hydrogens is 174 g/mol. The molecule has 0 amide bonds. The van der Waals surface area contributed by atoms with E-state index in [1.54, 1.807) is 0 Å².